The van der Waals surface area contributed by atoms with Gasteiger partial charge >= 0.3 is 0 Å². The predicted octanol–water partition coefficient (Wildman–Crippen LogP) is 4.77. The molecule has 0 aliphatic heterocycles. The minimum atomic E-state index is 0.223. The molecular weight excluding hydrogens is 370 g/mol. The van der Waals surface area contributed by atoms with Gasteiger partial charge in [-0.2, -0.15) is 15.8 Å². The van der Waals surface area contributed by atoms with E-state index in [1.54, 1.807) is 6.07 Å². The van der Waals surface area contributed by atoms with Crippen LogP contribution in [-0.2, 0) is 0 Å². The first-order valence-electron chi connectivity index (χ1n) is 9.38. The van der Waals surface area contributed by atoms with Crippen molar-refractivity contribution in [1.82, 2.24) is 0 Å². The first kappa shape index (κ1) is 20.5. The van der Waals surface area contributed by atoms with Crippen LogP contribution in [0, 0.1) is 34.0 Å². The second-order valence-electron chi connectivity index (χ2n) is 7.31. The summed E-state index contributed by atoms with van der Waals surface area (Å²) in [6, 6.07) is 23.6. The van der Waals surface area contributed by atoms with Gasteiger partial charge in [-0.25, -0.2) is 0 Å². The number of benzene rings is 3. The van der Waals surface area contributed by atoms with E-state index >= 15 is 0 Å². The van der Waals surface area contributed by atoms with Crippen LogP contribution in [0.15, 0.2) is 54.6 Å². The summed E-state index contributed by atoms with van der Waals surface area (Å²) >= 11 is 0. The number of rotatable bonds is 4. The molecule has 0 fully saturated rings. The monoisotopic (exact) mass is 391 g/mol. The topological polar surface area (TPSA) is 77.8 Å². The molecule has 146 valence electrons. The van der Waals surface area contributed by atoms with Crippen molar-refractivity contribution in [2.75, 3.05) is 38.0 Å². The SMILES string of the molecule is CN(C)c1ccc(-c2cc(C#N)c(C#N)c(-c3ccc(N(C)C)cc3)c2C#N)cc1. The summed E-state index contributed by atoms with van der Waals surface area (Å²) in [6.07, 6.45) is 0. The highest BCUT2D eigenvalue weighted by Crippen LogP contribution is 2.37. The Morgan fingerprint density at radius 2 is 1.07 bits per heavy atom. The molecule has 0 aliphatic rings. The van der Waals surface area contributed by atoms with Crippen LogP contribution < -0.4 is 9.80 Å². The Morgan fingerprint density at radius 3 is 1.47 bits per heavy atom. The molecule has 30 heavy (non-hydrogen) atoms. The Labute approximate surface area is 177 Å². The molecule has 3 aromatic rings. The van der Waals surface area contributed by atoms with Crippen LogP contribution in [0.1, 0.15) is 16.7 Å². The van der Waals surface area contributed by atoms with Crippen molar-refractivity contribution < 1.29 is 0 Å². The molecule has 0 aliphatic carbocycles. The van der Waals surface area contributed by atoms with E-state index in [0.29, 0.717) is 16.7 Å². The van der Waals surface area contributed by atoms with Crippen molar-refractivity contribution in [3.63, 3.8) is 0 Å². The van der Waals surface area contributed by atoms with E-state index in [2.05, 4.69) is 18.2 Å². The lowest BCUT2D eigenvalue weighted by Gasteiger charge is -2.17. The summed E-state index contributed by atoms with van der Waals surface area (Å²) in [5.41, 5.74) is 5.61. The van der Waals surface area contributed by atoms with Gasteiger partial charge in [0, 0.05) is 50.7 Å². The van der Waals surface area contributed by atoms with Crippen molar-refractivity contribution >= 4 is 11.4 Å². The molecule has 0 unspecified atom stereocenters. The standard InChI is InChI=1S/C25H21N5/c1-29(2)20-9-5-17(6-10-20)22-13-19(14-26)23(15-27)25(24(22)16-28)18-7-11-21(12-8-18)30(3)4/h5-13H,1-4H3. The van der Waals surface area contributed by atoms with E-state index in [9.17, 15) is 15.8 Å². The molecule has 0 radical (unpaired) electrons. The number of nitrogens with zero attached hydrogens (tertiary/aromatic N) is 5. The molecule has 3 rings (SSSR count). The van der Waals surface area contributed by atoms with Gasteiger partial charge in [0.15, 0.2) is 0 Å². The average Bonchev–Trinajstić information content (AvgIpc) is 2.77. The fourth-order valence-corrected chi connectivity index (χ4v) is 3.39. The first-order valence-corrected chi connectivity index (χ1v) is 9.38. The molecule has 5 heteroatoms. The normalized spacial score (nSPS) is 9.90. The quantitative estimate of drug-likeness (QED) is 0.640. The van der Waals surface area contributed by atoms with Crippen molar-refractivity contribution in [2.24, 2.45) is 0 Å². The fourth-order valence-electron chi connectivity index (χ4n) is 3.39. The zero-order chi connectivity index (χ0) is 21.8. The lowest BCUT2D eigenvalue weighted by molar-refractivity contribution is 1.13. The second-order valence-corrected chi connectivity index (χ2v) is 7.31. The van der Waals surface area contributed by atoms with Gasteiger partial charge in [0.2, 0.25) is 0 Å². The zero-order valence-corrected chi connectivity index (χ0v) is 17.4. The summed E-state index contributed by atoms with van der Waals surface area (Å²) in [6.45, 7) is 0. The summed E-state index contributed by atoms with van der Waals surface area (Å²) in [5, 5.41) is 29.5. The summed E-state index contributed by atoms with van der Waals surface area (Å²) in [7, 11) is 7.81. The highest BCUT2D eigenvalue weighted by atomic mass is 15.1. The third-order valence-corrected chi connectivity index (χ3v) is 5.04. The molecule has 0 saturated carbocycles. The molecule has 0 saturated heterocycles. The van der Waals surface area contributed by atoms with Crippen molar-refractivity contribution in [1.29, 1.82) is 15.8 Å². The Hall–Kier alpha value is -4.27. The van der Waals surface area contributed by atoms with Crippen LogP contribution in [0.5, 0.6) is 0 Å². The Balaban J connectivity index is 2.31. The van der Waals surface area contributed by atoms with E-state index in [1.807, 2.05) is 86.5 Å². The van der Waals surface area contributed by atoms with Gasteiger partial charge in [-0.15, -0.1) is 0 Å². The number of hydrogen-bond acceptors (Lipinski definition) is 5. The maximum Gasteiger partial charge on any atom is 0.101 e. The van der Waals surface area contributed by atoms with Gasteiger partial charge in [-0.05, 0) is 41.5 Å². The minimum Gasteiger partial charge on any atom is -0.378 e. The summed E-state index contributed by atoms with van der Waals surface area (Å²) < 4.78 is 0. The van der Waals surface area contributed by atoms with Gasteiger partial charge in [0.25, 0.3) is 0 Å². The van der Waals surface area contributed by atoms with Crippen LogP contribution >= 0.6 is 0 Å². The fraction of sp³-hybridized carbons (Fsp3) is 0.160. The van der Waals surface area contributed by atoms with Crippen molar-refractivity contribution in [3.05, 3.63) is 71.3 Å². The molecule has 0 bridgehead atoms. The van der Waals surface area contributed by atoms with Gasteiger partial charge in [0.05, 0.1) is 16.7 Å². The molecule has 5 nitrogen and oxygen atoms in total. The molecular formula is C25H21N5. The third kappa shape index (κ3) is 3.68. The predicted molar refractivity (Wildman–Crippen MR) is 120 cm³/mol. The maximum absolute atomic E-state index is 10.0. The maximum atomic E-state index is 10.0. The Bertz CT molecular complexity index is 1200. The van der Waals surface area contributed by atoms with E-state index in [1.165, 1.54) is 0 Å². The highest BCUT2D eigenvalue weighted by molar-refractivity contribution is 5.88. The van der Waals surface area contributed by atoms with E-state index in [0.717, 1.165) is 22.5 Å². The Kier molecular flexibility index (Phi) is 5.73. The summed E-state index contributed by atoms with van der Waals surface area (Å²) in [5.74, 6) is 0. The molecule has 3 aromatic carbocycles. The number of anilines is 2. The van der Waals surface area contributed by atoms with Crippen LogP contribution in [0.2, 0.25) is 0 Å². The van der Waals surface area contributed by atoms with Crippen molar-refractivity contribution in [3.8, 4) is 40.5 Å². The lowest BCUT2D eigenvalue weighted by atomic mass is 9.86. The molecule has 0 N–H and O–H groups in total. The molecule has 0 spiro atoms. The summed E-state index contributed by atoms with van der Waals surface area (Å²) in [4.78, 5) is 3.97. The molecule has 0 heterocycles. The second kappa shape index (κ2) is 8.39. The third-order valence-electron chi connectivity index (χ3n) is 5.04. The van der Waals surface area contributed by atoms with Crippen molar-refractivity contribution in [2.45, 2.75) is 0 Å². The first-order chi connectivity index (χ1) is 14.4. The van der Waals surface area contributed by atoms with Gasteiger partial charge in [-0.1, -0.05) is 24.3 Å². The van der Waals surface area contributed by atoms with Gasteiger partial charge in [-0.3, -0.25) is 0 Å². The van der Waals surface area contributed by atoms with Crippen LogP contribution in [-0.4, -0.2) is 28.2 Å². The average molecular weight is 391 g/mol. The highest BCUT2D eigenvalue weighted by Gasteiger charge is 2.20. The van der Waals surface area contributed by atoms with E-state index in [-0.39, 0.29) is 11.1 Å². The smallest absolute Gasteiger partial charge is 0.101 e. The minimum absolute atomic E-state index is 0.223. The van der Waals surface area contributed by atoms with Crippen LogP contribution in [0.3, 0.4) is 0 Å². The largest absolute Gasteiger partial charge is 0.378 e. The molecule has 0 atom stereocenters. The van der Waals surface area contributed by atoms with Crippen LogP contribution in [0.25, 0.3) is 22.3 Å². The number of hydrogen-bond donors (Lipinski definition) is 0. The van der Waals surface area contributed by atoms with Gasteiger partial charge in [0.1, 0.15) is 18.2 Å². The van der Waals surface area contributed by atoms with Crippen LogP contribution in [0.4, 0.5) is 11.4 Å². The molecule has 0 amide bonds. The lowest BCUT2D eigenvalue weighted by Crippen LogP contribution is -2.08. The zero-order valence-electron chi connectivity index (χ0n) is 17.4. The van der Waals surface area contributed by atoms with Gasteiger partial charge < -0.3 is 9.80 Å². The molecule has 0 aromatic heterocycles. The van der Waals surface area contributed by atoms with E-state index < -0.39 is 0 Å². The number of nitriles is 3. The Morgan fingerprint density at radius 1 is 0.600 bits per heavy atom. The van der Waals surface area contributed by atoms with E-state index in [4.69, 9.17) is 0 Å².